The third-order valence-electron chi connectivity index (χ3n) is 10.6. The molecule has 4 N–H and O–H groups in total. The highest BCUT2D eigenvalue weighted by atomic mass is 32.1. The molecule has 0 saturated carbocycles. The zero-order valence-corrected chi connectivity index (χ0v) is 28.9. The van der Waals surface area contributed by atoms with Gasteiger partial charge in [0.15, 0.2) is 5.82 Å². The summed E-state index contributed by atoms with van der Waals surface area (Å²) in [5.74, 6) is -3.09. The molecule has 5 aromatic rings. The van der Waals surface area contributed by atoms with Crippen LogP contribution in [0.4, 0.5) is 38.6 Å². The molecule has 3 aromatic heterocycles. The quantitative estimate of drug-likeness (QED) is 0.173. The second-order valence-electron chi connectivity index (χ2n) is 13.5. The number of nitrogens with two attached hydrogens (primary N) is 2. The van der Waals surface area contributed by atoms with Gasteiger partial charge in [0.05, 0.1) is 45.8 Å². The fourth-order valence-electron chi connectivity index (χ4n) is 8.20. The van der Waals surface area contributed by atoms with Crippen molar-refractivity contribution >= 4 is 49.0 Å². The van der Waals surface area contributed by atoms with Gasteiger partial charge in [-0.05, 0) is 50.4 Å². The van der Waals surface area contributed by atoms with Crippen LogP contribution in [0, 0.1) is 40.2 Å². The summed E-state index contributed by atoms with van der Waals surface area (Å²) in [6, 6.07) is 8.52. The summed E-state index contributed by atoms with van der Waals surface area (Å²) in [5, 5.41) is 18.8. The van der Waals surface area contributed by atoms with Gasteiger partial charge in [-0.1, -0.05) is 12.1 Å². The molecular weight excluding hydrogens is 718 g/mol. The van der Waals surface area contributed by atoms with Crippen LogP contribution in [-0.4, -0.2) is 58.2 Å². The van der Waals surface area contributed by atoms with E-state index in [2.05, 4.69) is 25.9 Å². The molecular formula is C36H30F5N9O2S. The molecule has 3 aliphatic heterocycles. The van der Waals surface area contributed by atoms with Crippen LogP contribution in [0.2, 0.25) is 0 Å². The maximum Gasteiger partial charge on any atom is 0.420 e. The SMILES string of the molecule is C[C@H](c1cccnc1N)N1CCOc2c(C(F)(F)F)c(-c3ccc(F)c4sc(N)c(C#N)c34)c(F)c3nc(OC[C@@]45CCCN4CC(C#N)C5)nc1c23. The number of aromatic nitrogens is 3. The molecule has 272 valence electrons. The van der Waals surface area contributed by atoms with Crippen LogP contribution in [0.15, 0.2) is 30.5 Å². The van der Waals surface area contributed by atoms with Crippen molar-refractivity contribution in [2.24, 2.45) is 5.92 Å². The highest BCUT2D eigenvalue weighted by Gasteiger charge is 2.50. The lowest BCUT2D eigenvalue weighted by Crippen LogP contribution is -2.43. The highest BCUT2D eigenvalue weighted by molar-refractivity contribution is 7.23. The van der Waals surface area contributed by atoms with Crippen molar-refractivity contribution in [2.75, 3.05) is 49.2 Å². The average molecular weight is 748 g/mol. The average Bonchev–Trinajstić information content (AvgIpc) is 3.75. The summed E-state index contributed by atoms with van der Waals surface area (Å²) in [6.07, 6.45) is -1.55. The lowest BCUT2D eigenvalue weighted by atomic mass is 9.91. The summed E-state index contributed by atoms with van der Waals surface area (Å²) in [5.41, 5.74) is 8.59. The van der Waals surface area contributed by atoms with Gasteiger partial charge in [-0.15, -0.1) is 11.3 Å². The van der Waals surface area contributed by atoms with Gasteiger partial charge in [0.25, 0.3) is 0 Å². The zero-order valence-electron chi connectivity index (χ0n) is 28.1. The maximum absolute atomic E-state index is 17.4. The Bertz CT molecular complexity index is 2410. The van der Waals surface area contributed by atoms with Gasteiger partial charge in [-0.3, -0.25) is 4.90 Å². The molecule has 1 unspecified atom stereocenters. The molecule has 3 aliphatic rings. The summed E-state index contributed by atoms with van der Waals surface area (Å²) < 4.78 is 90.8. The molecule has 0 aliphatic carbocycles. The maximum atomic E-state index is 17.4. The van der Waals surface area contributed by atoms with Gasteiger partial charge in [0, 0.05) is 29.3 Å². The van der Waals surface area contributed by atoms with E-state index in [0.29, 0.717) is 29.9 Å². The number of benzene rings is 2. The van der Waals surface area contributed by atoms with Crippen LogP contribution in [0.5, 0.6) is 11.8 Å². The van der Waals surface area contributed by atoms with Crippen molar-refractivity contribution in [1.29, 1.82) is 10.5 Å². The molecule has 0 spiro atoms. The normalized spacial score (nSPS) is 20.5. The van der Waals surface area contributed by atoms with E-state index in [1.54, 1.807) is 24.0 Å². The van der Waals surface area contributed by atoms with Crippen molar-refractivity contribution in [3.63, 3.8) is 0 Å². The Hall–Kier alpha value is -5.52. The number of nitriles is 2. The minimum absolute atomic E-state index is 0.00795. The van der Waals surface area contributed by atoms with Gasteiger partial charge in [-0.2, -0.15) is 33.7 Å². The van der Waals surface area contributed by atoms with Gasteiger partial charge < -0.3 is 25.8 Å². The smallest absolute Gasteiger partial charge is 0.420 e. The molecule has 0 radical (unpaired) electrons. The number of hydrogen-bond acceptors (Lipinski definition) is 12. The van der Waals surface area contributed by atoms with Crippen LogP contribution in [0.1, 0.15) is 48.9 Å². The number of rotatable bonds is 6. The lowest BCUT2D eigenvalue weighted by Gasteiger charge is -2.32. The third-order valence-corrected chi connectivity index (χ3v) is 11.6. The van der Waals surface area contributed by atoms with Crippen molar-refractivity contribution in [3.8, 4) is 35.0 Å². The van der Waals surface area contributed by atoms with Crippen LogP contribution in [0.3, 0.4) is 0 Å². The number of hydrogen-bond donors (Lipinski definition) is 2. The molecule has 6 heterocycles. The molecule has 2 aromatic carbocycles. The predicted octanol–water partition coefficient (Wildman–Crippen LogP) is 6.96. The Balaban J connectivity index is 1.41. The summed E-state index contributed by atoms with van der Waals surface area (Å²) in [4.78, 5) is 17.1. The lowest BCUT2D eigenvalue weighted by molar-refractivity contribution is -0.138. The van der Waals surface area contributed by atoms with E-state index in [0.717, 1.165) is 31.5 Å². The number of halogens is 5. The third kappa shape index (κ3) is 5.40. The first-order chi connectivity index (χ1) is 25.4. The Morgan fingerprint density at radius 3 is 2.70 bits per heavy atom. The monoisotopic (exact) mass is 747 g/mol. The fraction of sp³-hybridized carbons (Fsp3) is 0.361. The van der Waals surface area contributed by atoms with E-state index in [-0.39, 0.29) is 69.4 Å². The van der Waals surface area contributed by atoms with Crippen molar-refractivity contribution in [3.05, 3.63) is 58.8 Å². The van der Waals surface area contributed by atoms with E-state index in [1.807, 2.05) is 6.07 Å². The number of anilines is 3. The Labute approximate surface area is 303 Å². The number of ether oxygens (including phenoxy) is 2. The van der Waals surface area contributed by atoms with Crippen LogP contribution in [-0.2, 0) is 6.18 Å². The number of pyridine rings is 1. The van der Waals surface area contributed by atoms with Gasteiger partial charge in [0.1, 0.15) is 58.6 Å². The van der Waals surface area contributed by atoms with Gasteiger partial charge >= 0.3 is 12.2 Å². The standard InChI is InChI=1S/C36H30F5N9O2S/c1-17(19-4-2-8-46-31(19)44)50-10-11-51-29-25-28(47-34(48-33(25)50)52-16-35-7-3-9-49(35)15-18(12-35)13-42)27(38)24(26(29)36(39,40)41)20-5-6-22(37)30-23(20)21(14-43)32(45)53-30/h2,4-6,8,17-18H,3,7,9-12,15-16,45H2,1H3,(H2,44,46)/t17-,18?,35+/m1/s1. The molecule has 8 rings (SSSR count). The topological polar surface area (TPSA) is 163 Å². The van der Waals surface area contributed by atoms with E-state index < -0.39 is 57.3 Å². The molecule has 3 atom stereocenters. The number of fused-ring (bicyclic) bond motifs is 2. The molecule has 53 heavy (non-hydrogen) atoms. The largest absolute Gasteiger partial charge is 0.490 e. The fourth-order valence-corrected chi connectivity index (χ4v) is 9.15. The first-order valence-electron chi connectivity index (χ1n) is 16.8. The van der Waals surface area contributed by atoms with Crippen LogP contribution < -0.4 is 25.8 Å². The second kappa shape index (κ2) is 12.6. The van der Waals surface area contributed by atoms with E-state index >= 15 is 22.0 Å². The summed E-state index contributed by atoms with van der Waals surface area (Å²) in [6.45, 7) is 2.86. The Morgan fingerprint density at radius 1 is 1.15 bits per heavy atom. The first-order valence-corrected chi connectivity index (χ1v) is 17.6. The Morgan fingerprint density at radius 2 is 1.96 bits per heavy atom. The molecule has 0 amide bonds. The first kappa shape index (κ1) is 34.6. The number of nitrogens with zero attached hydrogens (tertiary/aromatic N) is 7. The highest BCUT2D eigenvalue weighted by Crippen LogP contribution is 2.54. The molecule has 0 bridgehead atoms. The second-order valence-corrected chi connectivity index (χ2v) is 14.5. The van der Waals surface area contributed by atoms with Gasteiger partial charge in [0.2, 0.25) is 0 Å². The number of alkyl halides is 3. The number of thiophene rings is 1. The van der Waals surface area contributed by atoms with E-state index in [9.17, 15) is 10.5 Å². The number of nitrogen functional groups attached to an aromatic ring is 2. The van der Waals surface area contributed by atoms with Gasteiger partial charge in [-0.25, -0.2) is 13.8 Å². The molecule has 11 nitrogen and oxygen atoms in total. The van der Waals surface area contributed by atoms with Crippen LogP contribution in [0.25, 0.3) is 32.1 Å². The zero-order chi connectivity index (χ0) is 37.4. The molecule has 2 fully saturated rings. The Kier molecular flexibility index (Phi) is 8.19. The minimum Gasteiger partial charge on any atom is -0.490 e. The predicted molar refractivity (Wildman–Crippen MR) is 187 cm³/mol. The van der Waals surface area contributed by atoms with Crippen molar-refractivity contribution in [1.82, 2.24) is 19.9 Å². The minimum atomic E-state index is -5.22. The van der Waals surface area contributed by atoms with E-state index in [1.165, 1.54) is 6.20 Å². The van der Waals surface area contributed by atoms with Crippen molar-refractivity contribution < 1.29 is 31.4 Å². The van der Waals surface area contributed by atoms with Crippen molar-refractivity contribution in [2.45, 2.75) is 43.9 Å². The summed E-state index contributed by atoms with van der Waals surface area (Å²) in [7, 11) is 0. The molecule has 17 heteroatoms. The van der Waals surface area contributed by atoms with Crippen LogP contribution >= 0.6 is 11.3 Å². The molecule has 2 saturated heterocycles. The summed E-state index contributed by atoms with van der Waals surface area (Å²) >= 11 is 0.674. The van der Waals surface area contributed by atoms with E-state index in [4.69, 9.17) is 20.9 Å².